The summed E-state index contributed by atoms with van der Waals surface area (Å²) >= 11 is 0. The van der Waals surface area contributed by atoms with E-state index in [9.17, 15) is 4.79 Å². The molecule has 4 heterocycles. The van der Waals surface area contributed by atoms with Crippen LogP contribution >= 0.6 is 0 Å². The fourth-order valence-corrected chi connectivity index (χ4v) is 4.49. The average Bonchev–Trinajstić information content (AvgIpc) is 3.46. The number of likely N-dealkylation sites (tertiary alicyclic amines) is 1. The summed E-state index contributed by atoms with van der Waals surface area (Å²) in [7, 11) is 0. The second-order valence-electron chi connectivity index (χ2n) is 7.88. The number of fused-ring (bicyclic) bond motifs is 1. The number of pyridine rings is 1. The van der Waals surface area contributed by atoms with Crippen LogP contribution in [0.1, 0.15) is 31.7 Å². The van der Waals surface area contributed by atoms with Crippen molar-refractivity contribution >= 4 is 28.3 Å². The Balaban J connectivity index is 1.36. The van der Waals surface area contributed by atoms with Crippen LogP contribution in [0.4, 0.5) is 16.2 Å². The van der Waals surface area contributed by atoms with E-state index in [0.29, 0.717) is 6.54 Å². The van der Waals surface area contributed by atoms with Crippen molar-refractivity contribution in [1.29, 1.82) is 0 Å². The summed E-state index contributed by atoms with van der Waals surface area (Å²) in [5.41, 5.74) is 2.95. The van der Waals surface area contributed by atoms with Crippen molar-refractivity contribution in [2.45, 2.75) is 31.7 Å². The quantitative estimate of drug-likeness (QED) is 0.737. The van der Waals surface area contributed by atoms with Crippen LogP contribution in [0.3, 0.4) is 0 Å². The molecule has 2 saturated heterocycles. The van der Waals surface area contributed by atoms with Crippen molar-refractivity contribution in [2.24, 2.45) is 0 Å². The van der Waals surface area contributed by atoms with Gasteiger partial charge in [0.05, 0.1) is 22.9 Å². The topological polar surface area (TPSA) is 66.3 Å². The summed E-state index contributed by atoms with van der Waals surface area (Å²) in [6, 6.07) is 10.2. The third-order valence-corrected chi connectivity index (χ3v) is 6.04. The van der Waals surface area contributed by atoms with Gasteiger partial charge in [0, 0.05) is 50.2 Å². The van der Waals surface area contributed by atoms with Gasteiger partial charge in [0.1, 0.15) is 0 Å². The lowest BCUT2D eigenvalue weighted by Crippen LogP contribution is -2.33. The number of benzene rings is 1. The number of amides is 2. The molecule has 1 atom stereocenters. The van der Waals surface area contributed by atoms with Crippen LogP contribution in [-0.2, 0) is 0 Å². The number of urea groups is 1. The van der Waals surface area contributed by atoms with Crippen molar-refractivity contribution in [3.8, 4) is 0 Å². The lowest BCUT2D eigenvalue weighted by atomic mass is 10.1. The predicted molar refractivity (Wildman–Crippen MR) is 114 cm³/mol. The number of carbonyl (C=O) groups excluding carboxylic acids is 1. The van der Waals surface area contributed by atoms with Gasteiger partial charge in [0.25, 0.3) is 0 Å². The third-order valence-electron chi connectivity index (χ3n) is 6.04. The smallest absolute Gasteiger partial charge is 0.321 e. The molecular formula is C22H26N6O. The molecule has 7 nitrogen and oxygen atoms in total. The Morgan fingerprint density at radius 2 is 1.93 bits per heavy atom. The zero-order valence-corrected chi connectivity index (χ0v) is 16.5. The number of hydrogen-bond acceptors (Lipinski definition) is 4. The third kappa shape index (κ3) is 3.52. The SMILES string of the molecule is O=C(Nc1ccc(N2CCCCC2)c2ncccc12)N1CC[C@@H](n2cccn2)C1. The van der Waals surface area contributed by atoms with Gasteiger partial charge in [-0.25, -0.2) is 4.79 Å². The number of carbonyl (C=O) groups is 1. The molecule has 2 aliphatic rings. The van der Waals surface area contributed by atoms with Crippen LogP contribution in [0.2, 0.25) is 0 Å². The van der Waals surface area contributed by atoms with Crippen LogP contribution in [0.15, 0.2) is 48.9 Å². The first-order valence-corrected chi connectivity index (χ1v) is 10.5. The lowest BCUT2D eigenvalue weighted by Gasteiger charge is -2.30. The number of aromatic nitrogens is 3. The number of anilines is 2. The maximum absolute atomic E-state index is 12.9. The molecule has 0 unspecified atom stereocenters. The van der Waals surface area contributed by atoms with E-state index in [1.54, 1.807) is 6.20 Å². The first-order valence-electron chi connectivity index (χ1n) is 10.5. The molecule has 1 aromatic carbocycles. The van der Waals surface area contributed by atoms with E-state index in [2.05, 4.69) is 26.4 Å². The summed E-state index contributed by atoms with van der Waals surface area (Å²) in [5.74, 6) is 0. The highest BCUT2D eigenvalue weighted by molar-refractivity contribution is 6.04. The Kier molecular flexibility index (Phi) is 4.79. The van der Waals surface area contributed by atoms with Gasteiger partial charge in [-0.3, -0.25) is 9.67 Å². The second-order valence-corrected chi connectivity index (χ2v) is 7.88. The monoisotopic (exact) mass is 390 g/mol. The molecule has 0 bridgehead atoms. The Bertz CT molecular complexity index is 996. The highest BCUT2D eigenvalue weighted by Crippen LogP contribution is 2.32. The zero-order chi connectivity index (χ0) is 19.6. The largest absolute Gasteiger partial charge is 0.370 e. The number of rotatable bonds is 3. The molecule has 2 fully saturated rings. The Labute approximate surface area is 170 Å². The highest BCUT2D eigenvalue weighted by atomic mass is 16.2. The van der Waals surface area contributed by atoms with E-state index < -0.39 is 0 Å². The van der Waals surface area contributed by atoms with Crippen LogP contribution in [0.25, 0.3) is 10.9 Å². The number of piperidine rings is 1. The summed E-state index contributed by atoms with van der Waals surface area (Å²) in [4.78, 5) is 21.8. The minimum atomic E-state index is -0.0597. The van der Waals surface area contributed by atoms with Gasteiger partial charge in [-0.2, -0.15) is 5.10 Å². The van der Waals surface area contributed by atoms with E-state index in [4.69, 9.17) is 0 Å². The van der Waals surface area contributed by atoms with Crippen LogP contribution in [0.5, 0.6) is 0 Å². The van der Waals surface area contributed by atoms with Crippen molar-refractivity contribution in [1.82, 2.24) is 19.7 Å². The van der Waals surface area contributed by atoms with Gasteiger partial charge in [-0.05, 0) is 56.0 Å². The van der Waals surface area contributed by atoms with Crippen molar-refractivity contribution in [3.63, 3.8) is 0 Å². The van der Waals surface area contributed by atoms with Crippen molar-refractivity contribution in [3.05, 3.63) is 48.9 Å². The highest BCUT2D eigenvalue weighted by Gasteiger charge is 2.28. The first-order chi connectivity index (χ1) is 14.3. The molecule has 0 spiro atoms. The first kappa shape index (κ1) is 18.0. The molecule has 2 amide bonds. The molecule has 0 aliphatic carbocycles. The van der Waals surface area contributed by atoms with Crippen LogP contribution < -0.4 is 10.2 Å². The van der Waals surface area contributed by atoms with E-state index >= 15 is 0 Å². The summed E-state index contributed by atoms with van der Waals surface area (Å²) in [5, 5.41) is 8.43. The summed E-state index contributed by atoms with van der Waals surface area (Å²) < 4.78 is 1.94. The van der Waals surface area contributed by atoms with E-state index in [0.717, 1.165) is 42.6 Å². The molecule has 5 rings (SSSR count). The molecule has 2 aromatic heterocycles. The molecule has 0 saturated carbocycles. The van der Waals surface area contributed by atoms with E-state index in [1.165, 1.54) is 24.9 Å². The van der Waals surface area contributed by atoms with Crippen molar-refractivity contribution in [2.75, 3.05) is 36.4 Å². The van der Waals surface area contributed by atoms with E-state index in [1.807, 2.05) is 46.2 Å². The maximum atomic E-state index is 12.9. The molecule has 2 aliphatic heterocycles. The molecule has 1 N–H and O–H groups in total. The van der Waals surface area contributed by atoms with Crippen LogP contribution in [0, 0.1) is 0 Å². The zero-order valence-electron chi connectivity index (χ0n) is 16.5. The van der Waals surface area contributed by atoms with Gasteiger partial charge < -0.3 is 15.1 Å². The summed E-state index contributed by atoms with van der Waals surface area (Å²) in [6.07, 6.45) is 10.2. The molecule has 0 radical (unpaired) electrons. The Morgan fingerprint density at radius 3 is 2.76 bits per heavy atom. The number of hydrogen-bond donors (Lipinski definition) is 1. The second kappa shape index (κ2) is 7.73. The van der Waals surface area contributed by atoms with Gasteiger partial charge in [-0.15, -0.1) is 0 Å². The standard InChI is InChI=1S/C22H26N6O/c29-22(27-15-9-17(16-27)28-14-5-11-24-28)25-19-7-8-20(26-12-2-1-3-13-26)21-18(19)6-4-10-23-21/h4-8,10-11,14,17H,1-3,9,12-13,15-16H2,(H,25,29)/t17-/m1/s1. The van der Waals surface area contributed by atoms with Gasteiger partial charge >= 0.3 is 6.03 Å². The molecule has 3 aromatic rings. The normalized spacial score (nSPS) is 19.7. The van der Waals surface area contributed by atoms with Gasteiger partial charge in [-0.1, -0.05) is 0 Å². The number of nitrogens with one attached hydrogen (secondary N) is 1. The van der Waals surface area contributed by atoms with Gasteiger partial charge in [0.15, 0.2) is 0 Å². The molecular weight excluding hydrogens is 364 g/mol. The number of nitrogens with zero attached hydrogens (tertiary/aromatic N) is 5. The average molecular weight is 390 g/mol. The minimum absolute atomic E-state index is 0.0597. The Morgan fingerprint density at radius 1 is 1.03 bits per heavy atom. The lowest BCUT2D eigenvalue weighted by molar-refractivity contribution is 0.220. The van der Waals surface area contributed by atoms with Crippen LogP contribution in [-0.4, -0.2) is 51.9 Å². The van der Waals surface area contributed by atoms with E-state index in [-0.39, 0.29) is 12.1 Å². The predicted octanol–water partition coefficient (Wildman–Crippen LogP) is 3.90. The minimum Gasteiger partial charge on any atom is -0.370 e. The molecule has 29 heavy (non-hydrogen) atoms. The molecule has 7 heteroatoms. The molecule has 150 valence electrons. The fraction of sp³-hybridized carbons (Fsp3) is 0.409. The van der Waals surface area contributed by atoms with Gasteiger partial charge in [0.2, 0.25) is 0 Å². The maximum Gasteiger partial charge on any atom is 0.321 e. The Hall–Kier alpha value is -3.09. The van der Waals surface area contributed by atoms with Crippen molar-refractivity contribution < 1.29 is 4.79 Å². The summed E-state index contributed by atoms with van der Waals surface area (Å²) in [6.45, 7) is 3.55. The fourth-order valence-electron chi connectivity index (χ4n) is 4.49.